The number of fused-ring (bicyclic) bond motifs is 1. The molecule has 10 nitrogen and oxygen atoms in total. The summed E-state index contributed by atoms with van der Waals surface area (Å²) in [6.07, 6.45) is -2.55. The molecular weight excluding hydrogens is 502 g/mol. The number of nitrogens with one attached hydrogen (secondary N) is 3. The Bertz CT molecular complexity index is 1130. The van der Waals surface area contributed by atoms with Crippen molar-refractivity contribution in [2.24, 2.45) is 11.8 Å². The minimum Gasteiger partial charge on any atom is -0.481 e. The first-order valence-electron chi connectivity index (χ1n) is 13.3. The topological polar surface area (TPSA) is 165 Å². The van der Waals surface area contributed by atoms with E-state index in [4.69, 9.17) is 5.11 Å². The molecule has 0 fully saturated rings. The predicted octanol–water partition coefficient (Wildman–Crippen LogP) is 2.28. The maximum absolute atomic E-state index is 13.0. The van der Waals surface area contributed by atoms with Gasteiger partial charge in [-0.05, 0) is 41.0 Å². The van der Waals surface area contributed by atoms with Gasteiger partial charge in [0.15, 0.2) is 6.10 Å². The van der Waals surface area contributed by atoms with Gasteiger partial charge in [-0.15, -0.1) is 0 Å². The van der Waals surface area contributed by atoms with E-state index in [-0.39, 0.29) is 37.6 Å². The first-order chi connectivity index (χ1) is 18.4. The molecule has 2 rings (SSSR count). The van der Waals surface area contributed by atoms with Crippen molar-refractivity contribution in [3.05, 3.63) is 48.0 Å². The average molecular weight is 544 g/mol. The summed E-state index contributed by atoms with van der Waals surface area (Å²) in [6, 6.07) is 11.0. The molecule has 0 spiro atoms. The minimum absolute atomic E-state index is 0.0719. The molecule has 0 saturated carbocycles. The SMILES string of the molecule is CC(C)C[C@H](NC(=O)C(O)c1cccc2ccccc12)[C@@H](O)CC(=O)N[C@H](C(=O)NCCCC(=O)O)C(C)C. The van der Waals surface area contributed by atoms with E-state index in [2.05, 4.69) is 16.0 Å². The van der Waals surface area contributed by atoms with Crippen molar-refractivity contribution in [2.45, 2.75) is 77.7 Å². The van der Waals surface area contributed by atoms with Gasteiger partial charge in [0.1, 0.15) is 6.04 Å². The number of hydrogen-bond donors (Lipinski definition) is 6. The minimum atomic E-state index is -1.47. The zero-order valence-corrected chi connectivity index (χ0v) is 23.0. The van der Waals surface area contributed by atoms with Crippen LogP contribution in [0.1, 0.15) is 65.0 Å². The van der Waals surface area contributed by atoms with Crippen molar-refractivity contribution in [1.82, 2.24) is 16.0 Å². The second kappa shape index (κ2) is 15.2. The van der Waals surface area contributed by atoms with Crippen LogP contribution < -0.4 is 16.0 Å². The molecular formula is C29H41N3O7. The zero-order chi connectivity index (χ0) is 29.1. The molecule has 4 atom stereocenters. The third-order valence-electron chi connectivity index (χ3n) is 6.41. The Hall–Kier alpha value is -3.50. The second-order valence-corrected chi connectivity index (χ2v) is 10.6. The van der Waals surface area contributed by atoms with Gasteiger partial charge < -0.3 is 31.3 Å². The number of carbonyl (C=O) groups excluding carboxylic acids is 3. The Kier molecular flexibility index (Phi) is 12.3. The molecule has 2 aromatic rings. The highest BCUT2D eigenvalue weighted by Gasteiger charge is 2.30. The van der Waals surface area contributed by atoms with Crippen molar-refractivity contribution in [1.29, 1.82) is 0 Å². The number of rotatable bonds is 15. The van der Waals surface area contributed by atoms with E-state index in [9.17, 15) is 29.4 Å². The van der Waals surface area contributed by atoms with Gasteiger partial charge in [0, 0.05) is 13.0 Å². The van der Waals surface area contributed by atoms with Crippen LogP contribution in [0.15, 0.2) is 42.5 Å². The standard InChI is InChI=1S/C29H41N3O7/c1-17(2)15-22(31-29(39)27(37)21-12-7-10-19-9-5-6-11-20(19)21)23(33)16-24(34)32-26(18(3)4)28(38)30-14-8-13-25(35)36/h5-7,9-12,17-18,22-23,26-27,33,37H,8,13-16H2,1-4H3,(H,30,38)(H,31,39)(H,32,34)(H,35,36)/t22-,23-,26-,27?/m0/s1. The maximum atomic E-state index is 13.0. The number of hydrogen-bond acceptors (Lipinski definition) is 6. The van der Waals surface area contributed by atoms with Crippen molar-refractivity contribution >= 4 is 34.5 Å². The van der Waals surface area contributed by atoms with Crippen LogP contribution in [0.25, 0.3) is 10.8 Å². The molecule has 0 aliphatic carbocycles. The van der Waals surface area contributed by atoms with Crippen LogP contribution in [0.2, 0.25) is 0 Å². The Balaban J connectivity index is 2.04. The maximum Gasteiger partial charge on any atom is 0.303 e. The normalized spacial score (nSPS) is 14.5. The molecule has 39 heavy (non-hydrogen) atoms. The van der Waals surface area contributed by atoms with Gasteiger partial charge in [-0.25, -0.2) is 0 Å². The molecule has 6 N–H and O–H groups in total. The van der Waals surface area contributed by atoms with E-state index >= 15 is 0 Å². The molecule has 0 aliphatic rings. The van der Waals surface area contributed by atoms with E-state index < -0.39 is 48.0 Å². The lowest BCUT2D eigenvalue weighted by Crippen LogP contribution is -2.52. The summed E-state index contributed by atoms with van der Waals surface area (Å²) < 4.78 is 0. The first-order valence-corrected chi connectivity index (χ1v) is 13.3. The van der Waals surface area contributed by atoms with Gasteiger partial charge >= 0.3 is 5.97 Å². The molecule has 214 valence electrons. The van der Waals surface area contributed by atoms with E-state index in [0.29, 0.717) is 12.0 Å². The molecule has 1 unspecified atom stereocenters. The zero-order valence-electron chi connectivity index (χ0n) is 23.0. The van der Waals surface area contributed by atoms with Gasteiger partial charge in [0.05, 0.1) is 18.6 Å². The van der Waals surface area contributed by atoms with Crippen LogP contribution in [-0.4, -0.2) is 63.7 Å². The highest BCUT2D eigenvalue weighted by Crippen LogP contribution is 2.25. The number of carboxylic acids is 1. The lowest BCUT2D eigenvalue weighted by molar-refractivity contribution is -0.137. The van der Waals surface area contributed by atoms with Crippen molar-refractivity contribution < 1.29 is 34.5 Å². The van der Waals surface area contributed by atoms with Gasteiger partial charge in [-0.1, -0.05) is 70.2 Å². The summed E-state index contributed by atoms with van der Waals surface area (Å²) in [7, 11) is 0. The largest absolute Gasteiger partial charge is 0.481 e. The van der Waals surface area contributed by atoms with E-state index in [0.717, 1.165) is 10.8 Å². The smallest absolute Gasteiger partial charge is 0.303 e. The lowest BCUT2D eigenvalue weighted by atomic mass is 9.95. The van der Waals surface area contributed by atoms with Gasteiger partial charge in [0.2, 0.25) is 11.8 Å². The molecule has 0 aliphatic heterocycles. The van der Waals surface area contributed by atoms with Crippen LogP contribution in [0.4, 0.5) is 0 Å². The first kappa shape index (κ1) is 31.7. The number of aliphatic hydroxyl groups excluding tert-OH is 2. The number of carboxylic acid groups (broad SMARTS) is 1. The van der Waals surface area contributed by atoms with Crippen molar-refractivity contribution in [3.63, 3.8) is 0 Å². The summed E-state index contributed by atoms with van der Waals surface area (Å²) in [5.41, 5.74) is 0.440. The van der Waals surface area contributed by atoms with Crippen molar-refractivity contribution in [3.8, 4) is 0 Å². The molecule has 10 heteroatoms. The molecule has 0 aromatic heterocycles. The Morgan fingerprint density at radius 3 is 2.18 bits per heavy atom. The predicted molar refractivity (Wildman–Crippen MR) is 148 cm³/mol. The third kappa shape index (κ3) is 9.96. The molecule has 0 bridgehead atoms. The Morgan fingerprint density at radius 1 is 0.872 bits per heavy atom. The summed E-state index contributed by atoms with van der Waals surface area (Å²) in [5, 5.41) is 40.1. The molecule has 3 amide bonds. The highest BCUT2D eigenvalue weighted by atomic mass is 16.4. The number of amides is 3. The number of aliphatic hydroxyl groups is 2. The Morgan fingerprint density at radius 2 is 1.54 bits per heavy atom. The molecule has 0 heterocycles. The summed E-state index contributed by atoms with van der Waals surface area (Å²) in [4.78, 5) is 49.0. The van der Waals surface area contributed by atoms with Crippen LogP contribution in [0.3, 0.4) is 0 Å². The van der Waals surface area contributed by atoms with Gasteiger partial charge in [-0.3, -0.25) is 19.2 Å². The van der Waals surface area contributed by atoms with Crippen molar-refractivity contribution in [2.75, 3.05) is 6.54 Å². The molecule has 0 saturated heterocycles. The quantitative estimate of drug-likeness (QED) is 0.188. The fourth-order valence-electron chi connectivity index (χ4n) is 4.37. The monoisotopic (exact) mass is 543 g/mol. The fraction of sp³-hybridized carbons (Fsp3) is 0.517. The van der Waals surface area contributed by atoms with Crippen LogP contribution in [-0.2, 0) is 19.2 Å². The van der Waals surface area contributed by atoms with E-state index in [1.807, 2.05) is 44.2 Å². The summed E-state index contributed by atoms with van der Waals surface area (Å²) in [6.45, 7) is 7.50. The third-order valence-corrected chi connectivity index (χ3v) is 6.41. The Labute approximate surface area is 229 Å². The molecule has 0 radical (unpaired) electrons. The second-order valence-electron chi connectivity index (χ2n) is 10.6. The summed E-state index contributed by atoms with van der Waals surface area (Å²) in [5.74, 6) is -2.84. The number of benzene rings is 2. The van der Waals surface area contributed by atoms with E-state index in [1.54, 1.807) is 26.0 Å². The van der Waals surface area contributed by atoms with E-state index in [1.165, 1.54) is 0 Å². The number of carbonyl (C=O) groups is 4. The van der Waals surface area contributed by atoms with Gasteiger partial charge in [-0.2, -0.15) is 0 Å². The van der Waals surface area contributed by atoms with Crippen LogP contribution >= 0.6 is 0 Å². The molecule has 2 aromatic carbocycles. The van der Waals surface area contributed by atoms with Crippen LogP contribution in [0.5, 0.6) is 0 Å². The fourth-order valence-corrected chi connectivity index (χ4v) is 4.37. The average Bonchev–Trinajstić information content (AvgIpc) is 2.87. The number of aliphatic carboxylic acids is 1. The summed E-state index contributed by atoms with van der Waals surface area (Å²) >= 11 is 0. The van der Waals surface area contributed by atoms with Crippen LogP contribution in [0, 0.1) is 11.8 Å². The van der Waals surface area contributed by atoms with Gasteiger partial charge in [0.25, 0.3) is 5.91 Å². The highest BCUT2D eigenvalue weighted by molar-refractivity contribution is 5.92. The lowest BCUT2D eigenvalue weighted by Gasteiger charge is -2.28.